The van der Waals surface area contributed by atoms with E-state index in [-0.39, 0.29) is 17.7 Å². The van der Waals surface area contributed by atoms with Crippen LogP contribution < -0.4 is 9.64 Å². The summed E-state index contributed by atoms with van der Waals surface area (Å²) in [6.45, 7) is 3.65. The first-order valence-corrected chi connectivity index (χ1v) is 10.3. The standard InChI is InChI=1S/C22H30N2O3/c1-15-5-3-6-16-7-4-12-23(21(15)16)22(26)17-13-20(25)24(14-17)18-8-10-19(27-2)11-9-18/h8-11,15-17,21H,3-7,12-14H2,1-2H3/t15-,16+,17-,21+/m1/s1. The average molecular weight is 370 g/mol. The minimum Gasteiger partial charge on any atom is -0.497 e. The van der Waals surface area contributed by atoms with E-state index in [2.05, 4.69) is 11.8 Å². The Kier molecular flexibility index (Phi) is 5.11. The Hall–Kier alpha value is -2.04. The molecule has 1 aromatic rings. The van der Waals surface area contributed by atoms with Gasteiger partial charge in [0, 0.05) is 31.2 Å². The van der Waals surface area contributed by atoms with Gasteiger partial charge in [0.25, 0.3) is 0 Å². The Balaban J connectivity index is 1.48. The van der Waals surface area contributed by atoms with Crippen molar-refractivity contribution >= 4 is 17.5 Å². The van der Waals surface area contributed by atoms with Crippen LogP contribution in [0.4, 0.5) is 5.69 Å². The van der Waals surface area contributed by atoms with Crippen LogP contribution in [-0.2, 0) is 9.59 Å². The van der Waals surface area contributed by atoms with Gasteiger partial charge in [0.05, 0.1) is 13.0 Å². The number of piperidine rings is 1. The van der Waals surface area contributed by atoms with Crippen molar-refractivity contribution in [3.05, 3.63) is 24.3 Å². The molecule has 1 aromatic carbocycles. The highest BCUT2D eigenvalue weighted by Gasteiger charge is 2.44. The molecule has 2 heterocycles. The van der Waals surface area contributed by atoms with Crippen molar-refractivity contribution in [2.75, 3.05) is 25.1 Å². The molecule has 0 N–H and O–H groups in total. The number of carbonyl (C=O) groups is 2. The van der Waals surface area contributed by atoms with Gasteiger partial charge in [-0.05, 0) is 61.8 Å². The quantitative estimate of drug-likeness (QED) is 0.819. The van der Waals surface area contributed by atoms with Gasteiger partial charge < -0.3 is 14.5 Å². The van der Waals surface area contributed by atoms with Crippen LogP contribution >= 0.6 is 0 Å². The number of nitrogens with zero attached hydrogens (tertiary/aromatic N) is 2. The number of methoxy groups -OCH3 is 1. The second-order valence-corrected chi connectivity index (χ2v) is 8.44. The second kappa shape index (κ2) is 7.53. The summed E-state index contributed by atoms with van der Waals surface area (Å²) in [6, 6.07) is 7.88. The zero-order valence-electron chi connectivity index (χ0n) is 16.4. The number of benzene rings is 1. The Bertz CT molecular complexity index is 700. The van der Waals surface area contributed by atoms with Crippen LogP contribution in [0.25, 0.3) is 0 Å². The molecule has 0 radical (unpaired) electrons. The Morgan fingerprint density at radius 1 is 1.11 bits per heavy atom. The molecule has 2 saturated heterocycles. The molecule has 0 bridgehead atoms. The highest BCUT2D eigenvalue weighted by atomic mass is 16.5. The highest BCUT2D eigenvalue weighted by Crippen LogP contribution is 2.40. The molecule has 5 heteroatoms. The summed E-state index contributed by atoms with van der Waals surface area (Å²) in [6.07, 6.45) is 6.43. The van der Waals surface area contributed by atoms with E-state index in [4.69, 9.17) is 4.74 Å². The number of amides is 2. The molecule has 5 nitrogen and oxygen atoms in total. The van der Waals surface area contributed by atoms with E-state index < -0.39 is 0 Å². The van der Waals surface area contributed by atoms with Crippen molar-refractivity contribution < 1.29 is 14.3 Å². The number of anilines is 1. The largest absolute Gasteiger partial charge is 0.497 e. The maximum atomic E-state index is 13.4. The van der Waals surface area contributed by atoms with Crippen LogP contribution in [0.5, 0.6) is 5.75 Å². The van der Waals surface area contributed by atoms with Crippen LogP contribution in [-0.4, -0.2) is 43.0 Å². The normalized spacial score (nSPS) is 31.0. The van der Waals surface area contributed by atoms with E-state index in [0.29, 0.717) is 30.8 Å². The number of hydrogen-bond acceptors (Lipinski definition) is 3. The summed E-state index contributed by atoms with van der Waals surface area (Å²) in [5.41, 5.74) is 0.846. The van der Waals surface area contributed by atoms with Crippen molar-refractivity contribution in [2.45, 2.75) is 51.5 Å². The number of carbonyl (C=O) groups excluding carboxylic acids is 2. The van der Waals surface area contributed by atoms with Gasteiger partial charge >= 0.3 is 0 Å². The summed E-state index contributed by atoms with van der Waals surface area (Å²) >= 11 is 0. The lowest BCUT2D eigenvalue weighted by Crippen LogP contribution is -2.54. The van der Waals surface area contributed by atoms with Gasteiger partial charge in [0.2, 0.25) is 11.8 Å². The molecule has 2 amide bonds. The lowest BCUT2D eigenvalue weighted by molar-refractivity contribution is -0.143. The predicted molar refractivity (Wildman–Crippen MR) is 105 cm³/mol. The van der Waals surface area contributed by atoms with Gasteiger partial charge in [-0.3, -0.25) is 9.59 Å². The molecule has 0 spiro atoms. The maximum Gasteiger partial charge on any atom is 0.228 e. The molecule has 4 atom stereocenters. The van der Waals surface area contributed by atoms with Gasteiger partial charge in [-0.15, -0.1) is 0 Å². The Morgan fingerprint density at radius 2 is 1.85 bits per heavy atom. The summed E-state index contributed by atoms with van der Waals surface area (Å²) in [5, 5.41) is 0. The number of fused-ring (bicyclic) bond motifs is 1. The van der Waals surface area contributed by atoms with Gasteiger partial charge in [0.15, 0.2) is 0 Å². The molecule has 3 fully saturated rings. The smallest absolute Gasteiger partial charge is 0.228 e. The fraction of sp³-hybridized carbons (Fsp3) is 0.636. The molecule has 146 valence electrons. The minimum absolute atomic E-state index is 0.0452. The molecule has 1 saturated carbocycles. The molecule has 2 aliphatic heterocycles. The van der Waals surface area contributed by atoms with Crippen LogP contribution in [0.15, 0.2) is 24.3 Å². The first-order valence-electron chi connectivity index (χ1n) is 10.3. The fourth-order valence-corrected chi connectivity index (χ4v) is 5.43. The van der Waals surface area contributed by atoms with E-state index in [1.54, 1.807) is 12.0 Å². The van der Waals surface area contributed by atoms with Crippen molar-refractivity contribution in [3.63, 3.8) is 0 Å². The first-order chi connectivity index (χ1) is 13.1. The van der Waals surface area contributed by atoms with Gasteiger partial charge in [0.1, 0.15) is 5.75 Å². The molecule has 4 rings (SSSR count). The molecule has 0 unspecified atom stereocenters. The third-order valence-corrected chi connectivity index (χ3v) is 6.78. The van der Waals surface area contributed by atoms with Crippen molar-refractivity contribution in [2.24, 2.45) is 17.8 Å². The Morgan fingerprint density at radius 3 is 2.59 bits per heavy atom. The van der Waals surface area contributed by atoms with E-state index >= 15 is 0 Å². The topological polar surface area (TPSA) is 49.9 Å². The SMILES string of the molecule is COc1ccc(N2C[C@H](C(=O)N3CCC[C@@H]4CCC[C@@H](C)[C@@H]43)CC2=O)cc1. The fourth-order valence-electron chi connectivity index (χ4n) is 5.43. The zero-order chi connectivity index (χ0) is 19.0. The zero-order valence-corrected chi connectivity index (χ0v) is 16.4. The van der Waals surface area contributed by atoms with Crippen molar-refractivity contribution in [3.8, 4) is 5.75 Å². The van der Waals surface area contributed by atoms with Gasteiger partial charge in [-0.2, -0.15) is 0 Å². The van der Waals surface area contributed by atoms with Gasteiger partial charge in [-0.1, -0.05) is 13.3 Å². The van der Waals surface area contributed by atoms with Crippen molar-refractivity contribution in [1.29, 1.82) is 0 Å². The lowest BCUT2D eigenvalue weighted by atomic mass is 9.72. The van der Waals surface area contributed by atoms with Crippen LogP contribution in [0, 0.1) is 17.8 Å². The van der Waals surface area contributed by atoms with Crippen LogP contribution in [0.3, 0.4) is 0 Å². The first kappa shape index (κ1) is 18.3. The van der Waals surface area contributed by atoms with Crippen molar-refractivity contribution in [1.82, 2.24) is 4.90 Å². The third kappa shape index (κ3) is 3.44. The van der Waals surface area contributed by atoms with E-state index in [1.807, 2.05) is 24.3 Å². The van der Waals surface area contributed by atoms with Crippen LogP contribution in [0.2, 0.25) is 0 Å². The van der Waals surface area contributed by atoms with Gasteiger partial charge in [-0.25, -0.2) is 0 Å². The molecule has 0 aromatic heterocycles. The number of ether oxygens (including phenoxy) is 1. The third-order valence-electron chi connectivity index (χ3n) is 6.78. The monoisotopic (exact) mass is 370 g/mol. The minimum atomic E-state index is -0.215. The molecular formula is C22H30N2O3. The predicted octanol–water partition coefficient (Wildman–Crippen LogP) is 3.48. The molecule has 3 aliphatic rings. The number of likely N-dealkylation sites (tertiary alicyclic amines) is 1. The maximum absolute atomic E-state index is 13.4. The summed E-state index contributed by atoms with van der Waals surface area (Å²) < 4.78 is 5.19. The average Bonchev–Trinajstić information content (AvgIpc) is 3.09. The highest BCUT2D eigenvalue weighted by molar-refractivity contribution is 6.00. The summed E-state index contributed by atoms with van der Waals surface area (Å²) in [4.78, 5) is 29.9. The molecule has 27 heavy (non-hydrogen) atoms. The molecule has 1 aliphatic carbocycles. The number of rotatable bonds is 3. The summed E-state index contributed by atoms with van der Waals surface area (Å²) in [5.74, 6) is 2.02. The second-order valence-electron chi connectivity index (χ2n) is 8.44. The van der Waals surface area contributed by atoms with E-state index in [0.717, 1.165) is 24.4 Å². The van der Waals surface area contributed by atoms with Crippen LogP contribution in [0.1, 0.15) is 45.4 Å². The lowest BCUT2D eigenvalue weighted by Gasteiger charge is -2.48. The Labute approximate surface area is 161 Å². The number of hydrogen-bond donors (Lipinski definition) is 0. The van der Waals surface area contributed by atoms with E-state index in [9.17, 15) is 9.59 Å². The summed E-state index contributed by atoms with van der Waals surface area (Å²) in [7, 11) is 1.63. The van der Waals surface area contributed by atoms with E-state index in [1.165, 1.54) is 25.7 Å². The molecular weight excluding hydrogens is 340 g/mol.